The van der Waals surface area contributed by atoms with E-state index < -0.39 is 47.2 Å². The topological polar surface area (TPSA) is 119 Å². The average molecular weight is 638 g/mol. The fraction of sp³-hybridized carbons (Fsp3) is 0.235. The zero-order valence-corrected chi connectivity index (χ0v) is 24.2. The highest BCUT2D eigenvalue weighted by atomic mass is 19.3. The molecule has 5 rings (SSSR count). The summed E-state index contributed by atoms with van der Waals surface area (Å²) in [4.78, 5) is 50.2. The van der Waals surface area contributed by atoms with Crippen LogP contribution in [-0.2, 0) is 15.6 Å². The number of carboxylic acid groups (broad SMARTS) is 1. The van der Waals surface area contributed by atoms with Gasteiger partial charge in [0.05, 0.1) is 12.0 Å². The molecule has 12 heteroatoms. The molecular formula is C34H27F4NO7. The number of carbonyl (C=O) groups excluding carboxylic acids is 3. The molecular weight excluding hydrogens is 610 g/mol. The van der Waals surface area contributed by atoms with Gasteiger partial charge in [0.1, 0.15) is 5.75 Å². The molecule has 8 nitrogen and oxygen atoms in total. The van der Waals surface area contributed by atoms with E-state index in [1.54, 1.807) is 12.1 Å². The van der Waals surface area contributed by atoms with E-state index in [-0.39, 0.29) is 35.2 Å². The van der Waals surface area contributed by atoms with Crippen molar-refractivity contribution in [3.8, 4) is 5.75 Å². The first-order valence-corrected chi connectivity index (χ1v) is 14.3. The molecule has 0 radical (unpaired) electrons. The van der Waals surface area contributed by atoms with Crippen LogP contribution in [0.25, 0.3) is 11.1 Å². The smallest absolute Gasteiger partial charge is 0.481 e. The predicted molar refractivity (Wildman–Crippen MR) is 158 cm³/mol. The monoisotopic (exact) mass is 637 g/mol. The largest absolute Gasteiger partial charge is 0.540 e. The Balaban J connectivity index is 1.47. The number of ether oxygens (including phenoxy) is 2. The van der Waals surface area contributed by atoms with E-state index in [1.165, 1.54) is 24.3 Å². The molecule has 1 amide bonds. The summed E-state index contributed by atoms with van der Waals surface area (Å²) in [5.74, 6) is -3.98. The number of carbonyl (C=O) groups is 4. The van der Waals surface area contributed by atoms with Crippen molar-refractivity contribution in [1.82, 2.24) is 5.32 Å². The number of Topliss-reactive ketones (excluding diaryl/α,β-unsaturated/α-hetero) is 1. The van der Waals surface area contributed by atoms with Gasteiger partial charge in [0, 0.05) is 28.8 Å². The fourth-order valence-corrected chi connectivity index (χ4v) is 5.12. The molecule has 1 aliphatic carbocycles. The highest BCUT2D eigenvalue weighted by molar-refractivity contribution is 6.32. The van der Waals surface area contributed by atoms with Gasteiger partial charge in [-0.25, -0.2) is 4.74 Å². The molecule has 2 aliphatic rings. The second-order valence-corrected chi connectivity index (χ2v) is 10.7. The van der Waals surface area contributed by atoms with Crippen LogP contribution in [0.15, 0.2) is 78.9 Å². The minimum Gasteiger partial charge on any atom is -0.481 e. The van der Waals surface area contributed by atoms with Crippen molar-refractivity contribution in [1.29, 1.82) is 0 Å². The fourth-order valence-electron chi connectivity index (χ4n) is 5.12. The molecule has 238 valence electrons. The summed E-state index contributed by atoms with van der Waals surface area (Å²) in [5, 5.41) is 11.2. The Kier molecular flexibility index (Phi) is 9.19. The number of carboxylic acids is 1. The summed E-state index contributed by atoms with van der Waals surface area (Å²) in [7, 11) is 0. The van der Waals surface area contributed by atoms with Gasteiger partial charge in [-0.2, -0.15) is 8.78 Å². The number of fused-ring (bicyclic) bond motifs is 1. The maximum Gasteiger partial charge on any atom is 0.540 e. The zero-order valence-electron chi connectivity index (χ0n) is 24.2. The Labute approximate surface area is 260 Å². The molecule has 0 spiro atoms. The molecule has 2 N–H and O–H groups in total. The van der Waals surface area contributed by atoms with E-state index in [9.17, 15) is 36.7 Å². The standard InChI is InChI=1S/C34H27F4NO7/c35-33(36)27-18-25(14-15-29(27)45-34(37,38)46-33)28(40)19-26(22-8-6-21(7-9-22)20-4-2-1-3-5-20)31(43)23-10-12-24(13-11-23)32(44)39-17-16-30(41)42/h4,6-15,18-19H,1-3,5,16-17H2,(H,39,44)(H,41,42). The number of allylic oxidation sites excluding steroid dienone is 4. The normalized spacial score (nSPS) is 16.8. The van der Waals surface area contributed by atoms with Gasteiger partial charge in [-0.15, -0.1) is 8.78 Å². The van der Waals surface area contributed by atoms with Gasteiger partial charge in [-0.05, 0) is 78.8 Å². The lowest BCUT2D eigenvalue weighted by Crippen LogP contribution is -2.41. The highest BCUT2D eigenvalue weighted by Gasteiger charge is 2.54. The SMILES string of the molecule is O=C(O)CCNC(=O)c1ccc(C(=O)C(=CC(=O)c2ccc3c(c2)C(F)(F)OC(F)(F)O3)c2ccc(C3=CCCCC3)cc2)cc1. The lowest BCUT2D eigenvalue weighted by molar-refractivity contribution is -0.461. The third-order valence-electron chi connectivity index (χ3n) is 7.46. The average Bonchev–Trinajstić information content (AvgIpc) is 3.02. The van der Waals surface area contributed by atoms with Crippen LogP contribution in [-0.4, -0.2) is 41.4 Å². The number of benzene rings is 3. The first-order chi connectivity index (χ1) is 21.8. The van der Waals surface area contributed by atoms with Crippen LogP contribution < -0.4 is 10.1 Å². The zero-order chi connectivity index (χ0) is 33.1. The first kappa shape index (κ1) is 32.3. The Bertz CT molecular complexity index is 1750. The molecule has 1 aliphatic heterocycles. The van der Waals surface area contributed by atoms with Crippen LogP contribution in [0.3, 0.4) is 0 Å². The molecule has 46 heavy (non-hydrogen) atoms. The van der Waals surface area contributed by atoms with E-state index >= 15 is 0 Å². The van der Waals surface area contributed by atoms with Crippen LogP contribution in [0.2, 0.25) is 0 Å². The van der Waals surface area contributed by atoms with Crippen LogP contribution in [0.1, 0.15) is 79.9 Å². The minimum absolute atomic E-state index is 0.0867. The van der Waals surface area contributed by atoms with Gasteiger partial charge in [0.2, 0.25) is 0 Å². The molecule has 3 aromatic rings. The van der Waals surface area contributed by atoms with Crippen molar-refractivity contribution in [3.63, 3.8) is 0 Å². The summed E-state index contributed by atoms with van der Waals surface area (Å²) in [6.07, 6.45) is -2.17. The van der Waals surface area contributed by atoms with Crippen molar-refractivity contribution in [2.24, 2.45) is 0 Å². The lowest BCUT2D eigenvalue weighted by Gasteiger charge is -2.30. The third kappa shape index (κ3) is 7.40. The van der Waals surface area contributed by atoms with E-state index in [1.807, 2.05) is 12.1 Å². The number of aliphatic carboxylic acids is 1. The molecule has 0 atom stereocenters. The second-order valence-electron chi connectivity index (χ2n) is 10.7. The van der Waals surface area contributed by atoms with Crippen LogP contribution >= 0.6 is 0 Å². The highest BCUT2D eigenvalue weighted by Crippen LogP contribution is 2.46. The molecule has 0 saturated carbocycles. The predicted octanol–water partition coefficient (Wildman–Crippen LogP) is 7.01. The third-order valence-corrected chi connectivity index (χ3v) is 7.46. The summed E-state index contributed by atoms with van der Waals surface area (Å²) < 4.78 is 63.3. The number of hydrogen-bond donors (Lipinski definition) is 2. The van der Waals surface area contributed by atoms with Gasteiger partial charge in [0.25, 0.3) is 5.91 Å². The molecule has 3 aromatic carbocycles. The van der Waals surface area contributed by atoms with E-state index in [2.05, 4.69) is 20.9 Å². The molecule has 0 unspecified atom stereocenters. The van der Waals surface area contributed by atoms with Gasteiger partial charge in [-0.1, -0.05) is 42.5 Å². The summed E-state index contributed by atoms with van der Waals surface area (Å²) in [5.41, 5.74) is 1.23. The van der Waals surface area contributed by atoms with E-state index in [4.69, 9.17) is 5.11 Å². The Morgan fingerprint density at radius 2 is 1.50 bits per heavy atom. The minimum atomic E-state index is -4.57. The maximum atomic E-state index is 14.4. The number of nitrogens with one attached hydrogen (secondary N) is 1. The van der Waals surface area contributed by atoms with Gasteiger partial charge < -0.3 is 15.2 Å². The van der Waals surface area contributed by atoms with E-state index in [0.29, 0.717) is 11.6 Å². The number of hydrogen-bond acceptors (Lipinski definition) is 6. The second kappa shape index (κ2) is 13.1. The van der Waals surface area contributed by atoms with Gasteiger partial charge >= 0.3 is 18.4 Å². The molecule has 0 bridgehead atoms. The lowest BCUT2D eigenvalue weighted by atomic mass is 9.90. The van der Waals surface area contributed by atoms with Gasteiger partial charge in [-0.3, -0.25) is 19.2 Å². The van der Waals surface area contributed by atoms with Gasteiger partial charge in [0.15, 0.2) is 11.6 Å². The number of halogens is 4. The number of rotatable bonds is 10. The van der Waals surface area contributed by atoms with Crippen LogP contribution in [0.5, 0.6) is 5.75 Å². The van der Waals surface area contributed by atoms with Crippen molar-refractivity contribution in [3.05, 3.63) is 112 Å². The van der Waals surface area contributed by atoms with Crippen molar-refractivity contribution in [2.75, 3.05) is 6.54 Å². The Morgan fingerprint density at radius 3 is 2.15 bits per heavy atom. The quantitative estimate of drug-likeness (QED) is 0.140. The van der Waals surface area contributed by atoms with Crippen molar-refractivity contribution >= 4 is 34.6 Å². The van der Waals surface area contributed by atoms with Crippen molar-refractivity contribution < 1.29 is 51.3 Å². The van der Waals surface area contributed by atoms with Crippen molar-refractivity contribution in [2.45, 2.75) is 44.5 Å². The summed E-state index contributed by atoms with van der Waals surface area (Å²) in [6.45, 7) is -0.0912. The molecule has 0 fully saturated rings. The first-order valence-electron chi connectivity index (χ1n) is 14.3. The summed E-state index contributed by atoms with van der Waals surface area (Å²) >= 11 is 0. The number of ketones is 2. The molecule has 1 heterocycles. The van der Waals surface area contributed by atoms with Crippen LogP contribution in [0, 0.1) is 0 Å². The maximum absolute atomic E-state index is 14.4. The van der Waals surface area contributed by atoms with E-state index in [0.717, 1.165) is 55.0 Å². The Morgan fingerprint density at radius 1 is 0.848 bits per heavy atom. The Hall–Kier alpha value is -5.10. The summed E-state index contributed by atoms with van der Waals surface area (Å²) in [6, 6.07) is 14.9. The number of amides is 1. The molecule has 0 saturated heterocycles. The van der Waals surface area contributed by atoms with Crippen LogP contribution in [0.4, 0.5) is 17.6 Å². The number of alkyl halides is 4. The molecule has 0 aromatic heterocycles.